The van der Waals surface area contributed by atoms with Crippen molar-refractivity contribution in [2.75, 3.05) is 13.2 Å². The minimum absolute atomic E-state index is 0.322. The Morgan fingerprint density at radius 1 is 1.33 bits per heavy atom. The largest absolute Gasteiger partial charge is 0.381 e. The molecule has 0 radical (unpaired) electrons. The van der Waals surface area contributed by atoms with Crippen molar-refractivity contribution in [1.29, 1.82) is 0 Å². The summed E-state index contributed by atoms with van der Waals surface area (Å²) >= 11 is 5.96. The molecule has 1 rings (SSSR count). The number of rotatable bonds is 3. The predicted octanol–water partition coefficient (Wildman–Crippen LogP) is 3.07. The Balaban J connectivity index is 2.24. The van der Waals surface area contributed by atoms with E-state index in [2.05, 4.69) is 13.8 Å². The minimum Gasteiger partial charge on any atom is -0.381 e. The molecule has 1 saturated heterocycles. The summed E-state index contributed by atoms with van der Waals surface area (Å²) in [6, 6.07) is 0. The van der Waals surface area contributed by atoms with Crippen LogP contribution in [0.1, 0.15) is 33.1 Å². The van der Waals surface area contributed by atoms with Crippen LogP contribution in [-0.2, 0) is 4.74 Å². The van der Waals surface area contributed by atoms with Crippen LogP contribution in [0, 0.1) is 11.8 Å². The lowest BCUT2D eigenvalue weighted by Gasteiger charge is -2.28. The molecule has 2 heteroatoms. The van der Waals surface area contributed by atoms with Crippen LogP contribution in [0.15, 0.2) is 0 Å². The molecule has 72 valence electrons. The van der Waals surface area contributed by atoms with Crippen LogP contribution < -0.4 is 0 Å². The summed E-state index contributed by atoms with van der Waals surface area (Å²) in [7, 11) is 0. The van der Waals surface area contributed by atoms with E-state index >= 15 is 0 Å². The first-order valence-corrected chi connectivity index (χ1v) is 5.35. The molecular formula is C10H19ClO. The second kappa shape index (κ2) is 5.08. The Kier molecular flexibility index (Phi) is 4.38. The van der Waals surface area contributed by atoms with Gasteiger partial charge in [-0.05, 0) is 38.0 Å². The highest BCUT2D eigenvalue weighted by atomic mass is 35.5. The summed E-state index contributed by atoms with van der Waals surface area (Å²) in [5, 5.41) is 0.322. The fourth-order valence-electron chi connectivity index (χ4n) is 1.99. The molecule has 0 saturated carbocycles. The number of halogens is 1. The van der Waals surface area contributed by atoms with E-state index in [1.54, 1.807) is 0 Å². The maximum Gasteiger partial charge on any atom is 0.0468 e. The maximum absolute atomic E-state index is 5.96. The molecule has 0 aliphatic carbocycles. The van der Waals surface area contributed by atoms with Crippen molar-refractivity contribution in [2.45, 2.75) is 38.5 Å². The lowest BCUT2D eigenvalue weighted by atomic mass is 9.84. The molecular weight excluding hydrogens is 172 g/mol. The molecule has 0 aromatic heterocycles. The average molecular weight is 191 g/mol. The number of alkyl halides is 1. The van der Waals surface area contributed by atoms with Crippen LogP contribution in [0.5, 0.6) is 0 Å². The SMILES string of the molecule is CC(Cl)CC(C)C1CCOCC1. The van der Waals surface area contributed by atoms with E-state index in [1.807, 2.05) is 0 Å². The molecule has 0 aromatic carbocycles. The Bertz CT molecular complexity index is 119. The maximum atomic E-state index is 5.96. The summed E-state index contributed by atoms with van der Waals surface area (Å²) in [5.41, 5.74) is 0. The van der Waals surface area contributed by atoms with Crippen LogP contribution in [-0.4, -0.2) is 18.6 Å². The van der Waals surface area contributed by atoms with Crippen molar-refractivity contribution in [3.05, 3.63) is 0 Å². The van der Waals surface area contributed by atoms with Gasteiger partial charge >= 0.3 is 0 Å². The lowest BCUT2D eigenvalue weighted by molar-refractivity contribution is 0.0481. The van der Waals surface area contributed by atoms with Gasteiger partial charge in [0.25, 0.3) is 0 Å². The molecule has 1 heterocycles. The Hall–Kier alpha value is 0.250. The quantitative estimate of drug-likeness (QED) is 0.622. The van der Waals surface area contributed by atoms with Gasteiger partial charge in [0.1, 0.15) is 0 Å². The normalized spacial score (nSPS) is 25.2. The van der Waals surface area contributed by atoms with Gasteiger partial charge in [-0.2, -0.15) is 0 Å². The van der Waals surface area contributed by atoms with Crippen LogP contribution in [0.4, 0.5) is 0 Å². The summed E-state index contributed by atoms with van der Waals surface area (Å²) < 4.78 is 5.32. The van der Waals surface area contributed by atoms with E-state index in [0.29, 0.717) is 5.38 Å². The summed E-state index contributed by atoms with van der Waals surface area (Å²) in [6.45, 7) is 6.30. The van der Waals surface area contributed by atoms with E-state index in [9.17, 15) is 0 Å². The van der Waals surface area contributed by atoms with Gasteiger partial charge in [0.15, 0.2) is 0 Å². The van der Waals surface area contributed by atoms with Crippen LogP contribution in [0.3, 0.4) is 0 Å². The molecule has 0 spiro atoms. The topological polar surface area (TPSA) is 9.23 Å². The predicted molar refractivity (Wildman–Crippen MR) is 52.6 cm³/mol. The van der Waals surface area contributed by atoms with Crippen molar-refractivity contribution in [3.8, 4) is 0 Å². The van der Waals surface area contributed by atoms with Gasteiger partial charge in [-0.3, -0.25) is 0 Å². The molecule has 1 aliphatic heterocycles. The van der Waals surface area contributed by atoms with Gasteiger partial charge in [0.2, 0.25) is 0 Å². The zero-order valence-corrected chi connectivity index (χ0v) is 8.81. The summed E-state index contributed by atoms with van der Waals surface area (Å²) in [5.74, 6) is 1.61. The van der Waals surface area contributed by atoms with E-state index in [0.717, 1.165) is 31.5 Å². The van der Waals surface area contributed by atoms with Crippen molar-refractivity contribution >= 4 is 11.6 Å². The average Bonchev–Trinajstić information content (AvgIpc) is 2.05. The van der Waals surface area contributed by atoms with Crippen LogP contribution in [0.2, 0.25) is 0 Å². The third-order valence-corrected chi connectivity index (χ3v) is 2.95. The van der Waals surface area contributed by atoms with Gasteiger partial charge in [-0.1, -0.05) is 6.92 Å². The first kappa shape index (κ1) is 10.3. The third kappa shape index (κ3) is 3.32. The second-order valence-electron chi connectivity index (χ2n) is 3.94. The van der Waals surface area contributed by atoms with Gasteiger partial charge in [-0.25, -0.2) is 0 Å². The van der Waals surface area contributed by atoms with Crippen LogP contribution in [0.25, 0.3) is 0 Å². The second-order valence-corrected chi connectivity index (χ2v) is 4.69. The molecule has 0 bridgehead atoms. The van der Waals surface area contributed by atoms with Crippen LogP contribution >= 0.6 is 11.6 Å². The standard InChI is InChI=1S/C10H19ClO/c1-8(7-9(2)11)10-3-5-12-6-4-10/h8-10H,3-7H2,1-2H3. The molecule has 2 atom stereocenters. The van der Waals surface area contributed by atoms with Crippen molar-refractivity contribution in [3.63, 3.8) is 0 Å². The molecule has 0 aromatic rings. The molecule has 12 heavy (non-hydrogen) atoms. The highest BCUT2D eigenvalue weighted by Crippen LogP contribution is 2.27. The number of hydrogen-bond acceptors (Lipinski definition) is 1. The summed E-state index contributed by atoms with van der Waals surface area (Å²) in [6.07, 6.45) is 3.60. The molecule has 0 N–H and O–H groups in total. The number of hydrogen-bond donors (Lipinski definition) is 0. The van der Waals surface area contributed by atoms with Crippen molar-refractivity contribution in [2.24, 2.45) is 11.8 Å². The lowest BCUT2D eigenvalue weighted by Crippen LogP contribution is -2.23. The zero-order chi connectivity index (χ0) is 8.97. The highest BCUT2D eigenvalue weighted by Gasteiger charge is 2.21. The van der Waals surface area contributed by atoms with Gasteiger partial charge in [-0.15, -0.1) is 11.6 Å². The van der Waals surface area contributed by atoms with Gasteiger partial charge in [0, 0.05) is 18.6 Å². The van der Waals surface area contributed by atoms with E-state index in [-0.39, 0.29) is 0 Å². The van der Waals surface area contributed by atoms with E-state index in [4.69, 9.17) is 16.3 Å². The Morgan fingerprint density at radius 3 is 2.42 bits per heavy atom. The molecule has 0 amide bonds. The fraction of sp³-hybridized carbons (Fsp3) is 1.00. The van der Waals surface area contributed by atoms with Crippen molar-refractivity contribution in [1.82, 2.24) is 0 Å². The molecule has 1 aliphatic rings. The molecule has 1 fully saturated rings. The molecule has 1 nitrogen and oxygen atoms in total. The fourth-order valence-corrected chi connectivity index (χ4v) is 2.27. The minimum atomic E-state index is 0.322. The monoisotopic (exact) mass is 190 g/mol. The smallest absolute Gasteiger partial charge is 0.0468 e. The van der Waals surface area contributed by atoms with E-state index in [1.165, 1.54) is 12.8 Å². The Morgan fingerprint density at radius 2 is 1.92 bits per heavy atom. The number of ether oxygens (including phenoxy) is 1. The third-order valence-electron chi connectivity index (χ3n) is 2.77. The Labute approximate surface area is 80.4 Å². The summed E-state index contributed by atoms with van der Waals surface area (Å²) in [4.78, 5) is 0. The first-order chi connectivity index (χ1) is 5.70. The van der Waals surface area contributed by atoms with Gasteiger partial charge in [0.05, 0.1) is 0 Å². The van der Waals surface area contributed by atoms with Crippen molar-refractivity contribution < 1.29 is 4.74 Å². The van der Waals surface area contributed by atoms with Gasteiger partial charge < -0.3 is 4.74 Å². The molecule has 2 unspecified atom stereocenters. The zero-order valence-electron chi connectivity index (χ0n) is 8.05. The van der Waals surface area contributed by atoms with E-state index < -0.39 is 0 Å². The first-order valence-electron chi connectivity index (χ1n) is 4.92. The highest BCUT2D eigenvalue weighted by molar-refractivity contribution is 6.20.